The summed E-state index contributed by atoms with van der Waals surface area (Å²) in [6.45, 7) is 1.69. The molecule has 6 nitrogen and oxygen atoms in total. The van der Waals surface area contributed by atoms with E-state index in [2.05, 4.69) is 4.98 Å². The summed E-state index contributed by atoms with van der Waals surface area (Å²) < 4.78 is 26.3. The summed E-state index contributed by atoms with van der Waals surface area (Å²) in [4.78, 5) is 3.95. The molecule has 0 aliphatic rings. The van der Waals surface area contributed by atoms with Gasteiger partial charge >= 0.3 is 0 Å². The number of sulfonamides is 1. The molecule has 1 aromatic heterocycles. The third kappa shape index (κ3) is 2.66. The van der Waals surface area contributed by atoms with E-state index < -0.39 is 10.0 Å². The van der Waals surface area contributed by atoms with Gasteiger partial charge in [-0.2, -0.15) is 5.26 Å². The second-order valence-corrected chi connectivity index (χ2v) is 6.46. The number of aromatic nitrogens is 1. The third-order valence-corrected chi connectivity index (χ3v) is 4.91. The second kappa shape index (κ2) is 5.42. The maximum absolute atomic E-state index is 12.6. The highest BCUT2D eigenvalue weighted by atomic mass is 32.2. The molecule has 1 heterocycles. The van der Waals surface area contributed by atoms with Gasteiger partial charge in [0.05, 0.1) is 34.1 Å². The van der Waals surface area contributed by atoms with Crippen molar-refractivity contribution in [1.82, 2.24) is 4.98 Å². The van der Waals surface area contributed by atoms with E-state index in [1.165, 1.54) is 43.7 Å². The molecule has 0 amide bonds. The first-order valence-corrected chi connectivity index (χ1v) is 7.51. The van der Waals surface area contributed by atoms with Crippen LogP contribution in [0.3, 0.4) is 0 Å². The van der Waals surface area contributed by atoms with Gasteiger partial charge in [-0.25, -0.2) is 8.42 Å². The predicted octanol–water partition coefficient (Wildman–Crippen LogP) is 1.67. The average Bonchev–Trinajstić information content (AvgIpc) is 2.47. The fourth-order valence-corrected chi connectivity index (χ4v) is 3.20. The van der Waals surface area contributed by atoms with Crippen LogP contribution in [0.5, 0.6) is 0 Å². The van der Waals surface area contributed by atoms with Crippen molar-refractivity contribution in [3.63, 3.8) is 0 Å². The second-order valence-electron chi connectivity index (χ2n) is 4.50. The van der Waals surface area contributed by atoms with E-state index in [9.17, 15) is 8.42 Å². The Bertz CT molecular complexity index is 825. The topological polar surface area (TPSA) is 100 Å². The fraction of sp³-hybridized carbons (Fsp3) is 0.143. The van der Waals surface area contributed by atoms with Crippen LogP contribution in [-0.2, 0) is 10.0 Å². The monoisotopic (exact) mass is 302 g/mol. The molecule has 21 heavy (non-hydrogen) atoms. The Labute approximate surface area is 123 Å². The number of rotatable bonds is 3. The molecule has 2 N–H and O–H groups in total. The van der Waals surface area contributed by atoms with Gasteiger partial charge in [-0.15, -0.1) is 0 Å². The number of aryl methyl sites for hydroxylation is 1. The maximum Gasteiger partial charge on any atom is 0.264 e. The van der Waals surface area contributed by atoms with E-state index >= 15 is 0 Å². The number of pyridine rings is 1. The minimum atomic E-state index is -3.75. The number of nitrogen functional groups attached to an aromatic ring is 1. The van der Waals surface area contributed by atoms with Crippen LogP contribution in [0.15, 0.2) is 41.6 Å². The molecular formula is C14H14N4O2S. The van der Waals surface area contributed by atoms with Gasteiger partial charge in [-0.1, -0.05) is 0 Å². The number of hydrogen-bond acceptors (Lipinski definition) is 5. The summed E-state index contributed by atoms with van der Waals surface area (Å²) in [7, 11) is -2.32. The summed E-state index contributed by atoms with van der Waals surface area (Å²) in [5.74, 6) is 0. The molecule has 7 heteroatoms. The summed E-state index contributed by atoms with van der Waals surface area (Å²) in [5.41, 5.74) is 7.44. The zero-order valence-corrected chi connectivity index (χ0v) is 12.4. The van der Waals surface area contributed by atoms with E-state index in [1.54, 1.807) is 6.92 Å². The minimum Gasteiger partial charge on any atom is -0.396 e. The Morgan fingerprint density at radius 2 is 2.05 bits per heavy atom. The lowest BCUT2D eigenvalue weighted by molar-refractivity contribution is 0.594. The summed E-state index contributed by atoms with van der Waals surface area (Å²) >= 11 is 0. The van der Waals surface area contributed by atoms with Crippen molar-refractivity contribution in [3.05, 3.63) is 47.8 Å². The third-order valence-electron chi connectivity index (χ3n) is 3.14. The van der Waals surface area contributed by atoms with Crippen molar-refractivity contribution in [1.29, 1.82) is 5.26 Å². The average molecular weight is 302 g/mol. The van der Waals surface area contributed by atoms with Gasteiger partial charge in [0, 0.05) is 13.2 Å². The minimum absolute atomic E-state index is 0.109. The molecule has 0 aliphatic heterocycles. The van der Waals surface area contributed by atoms with E-state index in [1.807, 2.05) is 6.07 Å². The molecule has 2 rings (SSSR count). The normalized spacial score (nSPS) is 10.9. The molecule has 108 valence electrons. The number of anilines is 2. The highest BCUT2D eigenvalue weighted by Gasteiger charge is 2.23. The van der Waals surface area contributed by atoms with Crippen LogP contribution in [0.4, 0.5) is 11.4 Å². The van der Waals surface area contributed by atoms with Crippen LogP contribution < -0.4 is 10.0 Å². The molecule has 0 unspecified atom stereocenters. The van der Waals surface area contributed by atoms with Crippen molar-refractivity contribution in [2.75, 3.05) is 17.1 Å². The largest absolute Gasteiger partial charge is 0.396 e. The summed E-state index contributed by atoms with van der Waals surface area (Å²) in [6, 6.07) is 7.92. The van der Waals surface area contributed by atoms with Crippen molar-refractivity contribution >= 4 is 21.4 Å². The van der Waals surface area contributed by atoms with Gasteiger partial charge < -0.3 is 5.73 Å². The van der Waals surface area contributed by atoms with Crippen molar-refractivity contribution < 1.29 is 8.42 Å². The smallest absolute Gasteiger partial charge is 0.264 e. The van der Waals surface area contributed by atoms with E-state index in [4.69, 9.17) is 11.0 Å². The standard InChI is InChI=1S/C14H14N4O2S/c1-10-7-12(4-3-11(10)8-15)21(19,20)18(2)14-5-6-17-9-13(14)16/h3-7,9H,16H2,1-2H3. The van der Waals surface area contributed by atoms with Crippen molar-refractivity contribution in [2.24, 2.45) is 0 Å². The molecule has 1 aromatic carbocycles. The number of benzene rings is 1. The zero-order valence-electron chi connectivity index (χ0n) is 11.6. The SMILES string of the molecule is Cc1cc(S(=O)(=O)N(C)c2ccncc2N)ccc1C#N. The van der Waals surface area contributed by atoms with E-state index in [-0.39, 0.29) is 10.6 Å². The first-order chi connectivity index (χ1) is 9.87. The Morgan fingerprint density at radius 3 is 2.62 bits per heavy atom. The number of nitriles is 1. The molecule has 0 saturated heterocycles. The zero-order chi connectivity index (χ0) is 15.6. The lowest BCUT2D eigenvalue weighted by Crippen LogP contribution is -2.27. The van der Waals surface area contributed by atoms with Crippen molar-refractivity contribution in [2.45, 2.75) is 11.8 Å². The number of nitrogens with two attached hydrogens (primary N) is 1. The van der Waals surface area contributed by atoms with Gasteiger partial charge in [-0.3, -0.25) is 9.29 Å². The van der Waals surface area contributed by atoms with Crippen LogP contribution in [0, 0.1) is 18.3 Å². The van der Waals surface area contributed by atoms with Crippen LogP contribution in [-0.4, -0.2) is 20.4 Å². The van der Waals surface area contributed by atoms with Crippen LogP contribution in [0.1, 0.15) is 11.1 Å². The molecular weight excluding hydrogens is 288 g/mol. The number of hydrogen-bond donors (Lipinski definition) is 1. The van der Waals surface area contributed by atoms with Crippen LogP contribution in [0.25, 0.3) is 0 Å². The van der Waals surface area contributed by atoms with Crippen LogP contribution >= 0.6 is 0 Å². The lowest BCUT2D eigenvalue weighted by atomic mass is 10.1. The Balaban J connectivity index is 2.50. The first-order valence-electron chi connectivity index (χ1n) is 6.07. The maximum atomic E-state index is 12.6. The summed E-state index contributed by atoms with van der Waals surface area (Å²) in [5, 5.41) is 8.90. The molecule has 0 spiro atoms. The molecule has 0 fully saturated rings. The molecule has 0 aliphatic carbocycles. The predicted molar refractivity (Wildman–Crippen MR) is 80.1 cm³/mol. The molecule has 0 saturated carbocycles. The highest BCUT2D eigenvalue weighted by molar-refractivity contribution is 7.92. The van der Waals surface area contributed by atoms with Gasteiger partial charge in [0.2, 0.25) is 0 Å². The first kappa shape index (κ1) is 14.8. The van der Waals surface area contributed by atoms with Crippen LogP contribution in [0.2, 0.25) is 0 Å². The van der Waals surface area contributed by atoms with E-state index in [0.29, 0.717) is 16.8 Å². The summed E-state index contributed by atoms with van der Waals surface area (Å²) in [6.07, 6.45) is 2.87. The van der Waals surface area contributed by atoms with Gasteiger partial charge in [-0.05, 0) is 36.8 Å². The van der Waals surface area contributed by atoms with E-state index in [0.717, 1.165) is 4.31 Å². The van der Waals surface area contributed by atoms with Gasteiger partial charge in [0.25, 0.3) is 10.0 Å². The molecule has 0 bridgehead atoms. The molecule has 0 radical (unpaired) electrons. The molecule has 2 aromatic rings. The lowest BCUT2D eigenvalue weighted by Gasteiger charge is -2.21. The Morgan fingerprint density at radius 1 is 1.33 bits per heavy atom. The van der Waals surface area contributed by atoms with Crippen molar-refractivity contribution in [3.8, 4) is 6.07 Å². The Kier molecular flexibility index (Phi) is 3.82. The van der Waals surface area contributed by atoms with Gasteiger partial charge in [0.1, 0.15) is 0 Å². The van der Waals surface area contributed by atoms with Gasteiger partial charge in [0.15, 0.2) is 0 Å². The highest BCUT2D eigenvalue weighted by Crippen LogP contribution is 2.27. The quantitative estimate of drug-likeness (QED) is 0.929. The molecule has 0 atom stereocenters. The fourth-order valence-electron chi connectivity index (χ4n) is 1.90. The Hall–Kier alpha value is -2.59. The number of nitrogens with zero attached hydrogens (tertiary/aromatic N) is 3.